The van der Waals surface area contributed by atoms with Gasteiger partial charge in [-0.25, -0.2) is 0 Å². The van der Waals surface area contributed by atoms with E-state index in [0.717, 1.165) is 12.8 Å². The van der Waals surface area contributed by atoms with Gasteiger partial charge in [0.2, 0.25) is 5.91 Å². The number of ketones is 1. The van der Waals surface area contributed by atoms with Gasteiger partial charge in [-0.05, 0) is 31.9 Å². The quantitative estimate of drug-likeness (QED) is 0.848. The molecule has 1 aromatic carbocycles. The lowest BCUT2D eigenvalue weighted by atomic mass is 9.98. The third-order valence-corrected chi connectivity index (χ3v) is 3.51. The summed E-state index contributed by atoms with van der Waals surface area (Å²) in [4.78, 5) is 23.8. The highest BCUT2D eigenvalue weighted by atomic mass is 16.5. The summed E-state index contributed by atoms with van der Waals surface area (Å²) in [6, 6.07) is 7.08. The summed E-state index contributed by atoms with van der Waals surface area (Å²) in [5.41, 5.74) is 1.13. The van der Waals surface area contributed by atoms with E-state index in [1.54, 1.807) is 18.2 Å². The van der Waals surface area contributed by atoms with Crippen molar-refractivity contribution in [3.63, 3.8) is 0 Å². The fourth-order valence-electron chi connectivity index (χ4n) is 2.48. The number of carbonyl (C=O) groups is 2. The fourth-order valence-corrected chi connectivity index (χ4v) is 2.48. The van der Waals surface area contributed by atoms with E-state index in [4.69, 9.17) is 4.74 Å². The van der Waals surface area contributed by atoms with Crippen molar-refractivity contribution in [2.24, 2.45) is 5.92 Å². The second-order valence-electron chi connectivity index (χ2n) is 4.80. The van der Waals surface area contributed by atoms with Crippen LogP contribution >= 0.6 is 0 Å². The molecule has 1 heterocycles. The molecule has 0 aliphatic carbocycles. The van der Waals surface area contributed by atoms with Gasteiger partial charge >= 0.3 is 0 Å². The Hall–Kier alpha value is -1.68. The Morgan fingerprint density at radius 1 is 1.37 bits per heavy atom. The van der Waals surface area contributed by atoms with Crippen LogP contribution in [0, 0.1) is 5.92 Å². The van der Waals surface area contributed by atoms with Gasteiger partial charge in [0.25, 0.3) is 0 Å². The van der Waals surface area contributed by atoms with Crippen molar-refractivity contribution in [2.75, 3.05) is 11.9 Å². The van der Waals surface area contributed by atoms with Crippen molar-refractivity contribution in [1.29, 1.82) is 0 Å². The summed E-state index contributed by atoms with van der Waals surface area (Å²) < 4.78 is 5.52. The van der Waals surface area contributed by atoms with Crippen molar-refractivity contribution < 1.29 is 14.3 Å². The van der Waals surface area contributed by atoms with Gasteiger partial charge < -0.3 is 10.1 Å². The Morgan fingerprint density at radius 3 is 2.79 bits per heavy atom. The lowest BCUT2D eigenvalue weighted by molar-refractivity contribution is -0.121. The standard InChI is InChI=1S/C15H19NO3/c1-3-14-12(8-9-19-14)15(18)16-13-7-5-4-6-11(13)10(2)17/h4-7,12,14H,3,8-9H2,1-2H3,(H,16,18). The van der Waals surface area contributed by atoms with Crippen molar-refractivity contribution in [3.05, 3.63) is 29.8 Å². The van der Waals surface area contributed by atoms with Gasteiger partial charge in [0.1, 0.15) is 0 Å². The highest BCUT2D eigenvalue weighted by Gasteiger charge is 2.33. The number of para-hydroxylation sites is 1. The Bertz CT molecular complexity index is 484. The van der Waals surface area contributed by atoms with Crippen molar-refractivity contribution >= 4 is 17.4 Å². The van der Waals surface area contributed by atoms with Crippen molar-refractivity contribution in [3.8, 4) is 0 Å². The van der Waals surface area contributed by atoms with Crippen LogP contribution in [-0.4, -0.2) is 24.4 Å². The highest BCUT2D eigenvalue weighted by molar-refractivity contribution is 6.04. The molecule has 0 spiro atoms. The molecule has 1 amide bonds. The van der Waals surface area contributed by atoms with Crippen molar-refractivity contribution in [1.82, 2.24) is 0 Å². The second kappa shape index (κ2) is 5.97. The molecule has 102 valence electrons. The lowest BCUT2D eigenvalue weighted by Gasteiger charge is -2.17. The van der Waals surface area contributed by atoms with Gasteiger partial charge in [0, 0.05) is 12.2 Å². The molecule has 4 heteroatoms. The van der Waals surface area contributed by atoms with Crippen LogP contribution < -0.4 is 5.32 Å². The van der Waals surface area contributed by atoms with Gasteiger partial charge in [-0.1, -0.05) is 19.1 Å². The van der Waals surface area contributed by atoms with Crippen LogP contribution in [0.25, 0.3) is 0 Å². The molecule has 1 aliphatic heterocycles. The molecule has 0 radical (unpaired) electrons. The molecular formula is C15H19NO3. The Morgan fingerprint density at radius 2 is 2.11 bits per heavy atom. The van der Waals surface area contributed by atoms with Crippen LogP contribution in [0.3, 0.4) is 0 Å². The van der Waals surface area contributed by atoms with E-state index >= 15 is 0 Å². The van der Waals surface area contributed by atoms with E-state index < -0.39 is 0 Å². The first-order chi connectivity index (χ1) is 9.13. The third kappa shape index (κ3) is 3.01. The molecule has 1 saturated heterocycles. The second-order valence-corrected chi connectivity index (χ2v) is 4.80. The van der Waals surface area contributed by atoms with E-state index in [1.807, 2.05) is 13.0 Å². The average Bonchev–Trinajstić information content (AvgIpc) is 2.87. The molecule has 0 bridgehead atoms. The SMILES string of the molecule is CCC1OCCC1C(=O)Nc1ccccc1C(C)=O. The summed E-state index contributed by atoms with van der Waals surface area (Å²) in [5, 5.41) is 2.86. The summed E-state index contributed by atoms with van der Waals surface area (Å²) in [6.45, 7) is 4.14. The third-order valence-electron chi connectivity index (χ3n) is 3.51. The maximum atomic E-state index is 12.3. The number of nitrogens with one attached hydrogen (secondary N) is 1. The Kier molecular flexibility index (Phi) is 4.32. The summed E-state index contributed by atoms with van der Waals surface area (Å²) >= 11 is 0. The molecular weight excluding hydrogens is 242 g/mol. The Labute approximate surface area is 113 Å². The van der Waals surface area contributed by atoms with E-state index in [1.165, 1.54) is 6.92 Å². The molecule has 0 saturated carbocycles. The van der Waals surface area contributed by atoms with Crippen LogP contribution in [0.1, 0.15) is 37.0 Å². The molecule has 19 heavy (non-hydrogen) atoms. The number of carbonyl (C=O) groups excluding carboxylic acids is 2. The number of hydrogen-bond acceptors (Lipinski definition) is 3. The maximum absolute atomic E-state index is 12.3. The first kappa shape index (κ1) is 13.7. The average molecular weight is 261 g/mol. The van der Waals surface area contributed by atoms with Gasteiger partial charge in [-0.15, -0.1) is 0 Å². The minimum absolute atomic E-state index is 0.00973. The molecule has 1 N–H and O–H groups in total. The predicted molar refractivity (Wildman–Crippen MR) is 73.2 cm³/mol. The predicted octanol–water partition coefficient (Wildman–Crippen LogP) is 2.64. The summed E-state index contributed by atoms with van der Waals surface area (Å²) in [7, 11) is 0. The van der Waals surface area contributed by atoms with E-state index in [-0.39, 0.29) is 23.7 Å². The first-order valence-electron chi connectivity index (χ1n) is 6.66. The Balaban J connectivity index is 2.13. The molecule has 2 rings (SSSR count). The minimum atomic E-state index is -0.120. The lowest BCUT2D eigenvalue weighted by Crippen LogP contribution is -2.29. The van der Waals surface area contributed by atoms with Gasteiger partial charge in [0.15, 0.2) is 5.78 Å². The van der Waals surface area contributed by atoms with Gasteiger partial charge in [0.05, 0.1) is 17.7 Å². The topological polar surface area (TPSA) is 55.4 Å². The number of benzene rings is 1. The van der Waals surface area contributed by atoms with Gasteiger partial charge in [-0.2, -0.15) is 0 Å². The summed E-state index contributed by atoms with van der Waals surface area (Å²) in [6.07, 6.45) is 1.56. The number of rotatable bonds is 4. The molecule has 4 nitrogen and oxygen atoms in total. The maximum Gasteiger partial charge on any atom is 0.230 e. The zero-order valence-electron chi connectivity index (χ0n) is 11.3. The molecule has 0 aromatic heterocycles. The minimum Gasteiger partial charge on any atom is -0.377 e. The number of hydrogen-bond donors (Lipinski definition) is 1. The zero-order valence-corrected chi connectivity index (χ0v) is 11.3. The van der Waals surface area contributed by atoms with Crippen LogP contribution in [0.2, 0.25) is 0 Å². The first-order valence-corrected chi connectivity index (χ1v) is 6.66. The van der Waals surface area contributed by atoms with Crippen LogP contribution in [0.5, 0.6) is 0 Å². The largest absolute Gasteiger partial charge is 0.377 e. The smallest absolute Gasteiger partial charge is 0.230 e. The molecule has 2 unspecified atom stereocenters. The zero-order chi connectivity index (χ0) is 13.8. The monoisotopic (exact) mass is 261 g/mol. The van der Waals surface area contributed by atoms with E-state index in [2.05, 4.69) is 5.32 Å². The molecule has 1 aliphatic rings. The molecule has 1 fully saturated rings. The van der Waals surface area contributed by atoms with Crippen molar-refractivity contribution in [2.45, 2.75) is 32.8 Å². The number of amides is 1. The van der Waals surface area contributed by atoms with Gasteiger partial charge in [-0.3, -0.25) is 9.59 Å². The fraction of sp³-hybridized carbons (Fsp3) is 0.467. The summed E-state index contributed by atoms with van der Waals surface area (Å²) in [5.74, 6) is -0.228. The molecule has 1 aromatic rings. The highest BCUT2D eigenvalue weighted by Crippen LogP contribution is 2.25. The number of ether oxygens (including phenoxy) is 1. The van der Waals surface area contributed by atoms with E-state index in [0.29, 0.717) is 17.9 Å². The number of Topliss-reactive ketones (excluding diaryl/α,β-unsaturated/α-hetero) is 1. The van der Waals surface area contributed by atoms with E-state index in [9.17, 15) is 9.59 Å². The van der Waals surface area contributed by atoms with Crippen LogP contribution in [0.15, 0.2) is 24.3 Å². The normalized spacial score (nSPS) is 22.2. The van der Waals surface area contributed by atoms with Crippen LogP contribution in [0.4, 0.5) is 5.69 Å². The number of anilines is 1. The van der Waals surface area contributed by atoms with Crippen LogP contribution in [-0.2, 0) is 9.53 Å². The molecule has 2 atom stereocenters.